The van der Waals surface area contributed by atoms with Crippen molar-refractivity contribution in [2.75, 3.05) is 32.4 Å². The number of nitrogens with one attached hydrogen (secondary N) is 3. The molecular weight excluding hydrogens is 214 g/mol. The molecule has 1 saturated heterocycles. The molecule has 5 nitrogen and oxygen atoms in total. The van der Waals surface area contributed by atoms with E-state index in [2.05, 4.69) is 15.4 Å². The third-order valence-corrected chi connectivity index (χ3v) is 3.18. The van der Waals surface area contributed by atoms with Gasteiger partial charge in [0.2, 0.25) is 10.0 Å². The van der Waals surface area contributed by atoms with Gasteiger partial charge < -0.3 is 10.6 Å². The molecule has 1 aliphatic rings. The summed E-state index contributed by atoms with van der Waals surface area (Å²) in [7, 11) is -3.02. The monoisotopic (exact) mass is 235 g/mol. The molecule has 1 fully saturated rings. The highest BCUT2D eigenvalue weighted by Gasteiger charge is 2.12. The Balaban J connectivity index is 1.89. The summed E-state index contributed by atoms with van der Waals surface area (Å²) in [5.41, 5.74) is 0. The van der Waals surface area contributed by atoms with Crippen molar-refractivity contribution < 1.29 is 8.42 Å². The SMILES string of the molecule is CS(=O)(=O)NCCCNCC1CCCN1. The van der Waals surface area contributed by atoms with E-state index in [0.717, 1.165) is 26.1 Å². The van der Waals surface area contributed by atoms with Gasteiger partial charge in [-0.1, -0.05) is 0 Å². The summed E-state index contributed by atoms with van der Waals surface area (Å²) in [6, 6.07) is 0.605. The van der Waals surface area contributed by atoms with E-state index in [4.69, 9.17) is 0 Å². The van der Waals surface area contributed by atoms with Crippen molar-refractivity contribution in [1.82, 2.24) is 15.4 Å². The van der Waals surface area contributed by atoms with Gasteiger partial charge in [0.25, 0.3) is 0 Å². The second-order valence-electron chi connectivity index (χ2n) is 4.02. The Morgan fingerprint density at radius 2 is 2.20 bits per heavy atom. The Hall–Kier alpha value is -0.170. The summed E-state index contributed by atoms with van der Waals surface area (Å²) in [4.78, 5) is 0. The third-order valence-electron chi connectivity index (χ3n) is 2.45. The predicted octanol–water partition coefficient (Wildman–Crippen LogP) is -0.733. The minimum atomic E-state index is -3.02. The van der Waals surface area contributed by atoms with Crippen LogP contribution in [0.2, 0.25) is 0 Å². The van der Waals surface area contributed by atoms with Crippen molar-refractivity contribution in [2.24, 2.45) is 0 Å². The molecule has 0 aliphatic carbocycles. The maximum atomic E-state index is 10.7. The van der Waals surface area contributed by atoms with Gasteiger partial charge in [-0.25, -0.2) is 13.1 Å². The second-order valence-corrected chi connectivity index (χ2v) is 5.85. The number of hydrogen-bond acceptors (Lipinski definition) is 4. The molecule has 1 heterocycles. The van der Waals surface area contributed by atoms with E-state index in [1.807, 2.05) is 0 Å². The molecule has 90 valence electrons. The van der Waals surface area contributed by atoms with Gasteiger partial charge in [0.05, 0.1) is 6.26 Å². The van der Waals surface area contributed by atoms with Gasteiger partial charge in [0.15, 0.2) is 0 Å². The standard InChI is InChI=1S/C9H21N3O2S/c1-15(13,14)12-7-3-5-10-8-9-4-2-6-11-9/h9-12H,2-8H2,1H3. The summed E-state index contributed by atoms with van der Waals surface area (Å²) < 4.78 is 23.9. The highest BCUT2D eigenvalue weighted by Crippen LogP contribution is 2.02. The van der Waals surface area contributed by atoms with Crippen LogP contribution >= 0.6 is 0 Å². The summed E-state index contributed by atoms with van der Waals surface area (Å²) in [5.74, 6) is 0. The number of sulfonamides is 1. The van der Waals surface area contributed by atoms with Crippen molar-refractivity contribution in [3.63, 3.8) is 0 Å². The molecule has 1 aliphatic heterocycles. The van der Waals surface area contributed by atoms with Crippen LogP contribution in [0.4, 0.5) is 0 Å². The van der Waals surface area contributed by atoms with Crippen LogP contribution in [0.5, 0.6) is 0 Å². The maximum Gasteiger partial charge on any atom is 0.208 e. The molecule has 0 aromatic rings. The quantitative estimate of drug-likeness (QED) is 0.509. The highest BCUT2D eigenvalue weighted by molar-refractivity contribution is 7.88. The Bertz CT molecular complexity index is 261. The molecule has 0 radical (unpaired) electrons. The van der Waals surface area contributed by atoms with Crippen molar-refractivity contribution in [3.8, 4) is 0 Å². The molecule has 3 N–H and O–H groups in total. The van der Waals surface area contributed by atoms with E-state index >= 15 is 0 Å². The zero-order chi connectivity index (χ0) is 11.1. The first-order valence-electron chi connectivity index (χ1n) is 5.47. The summed E-state index contributed by atoms with van der Waals surface area (Å²) >= 11 is 0. The smallest absolute Gasteiger partial charge is 0.208 e. The van der Waals surface area contributed by atoms with Crippen LogP contribution in [0.3, 0.4) is 0 Å². The van der Waals surface area contributed by atoms with E-state index in [1.165, 1.54) is 19.1 Å². The molecule has 0 aromatic heterocycles. The van der Waals surface area contributed by atoms with E-state index in [0.29, 0.717) is 12.6 Å². The fourth-order valence-corrected chi connectivity index (χ4v) is 2.19. The highest BCUT2D eigenvalue weighted by atomic mass is 32.2. The maximum absolute atomic E-state index is 10.7. The number of rotatable bonds is 7. The third kappa shape index (κ3) is 6.83. The number of hydrogen-bond donors (Lipinski definition) is 3. The van der Waals surface area contributed by atoms with E-state index in [9.17, 15) is 8.42 Å². The van der Waals surface area contributed by atoms with Crippen LogP contribution in [-0.2, 0) is 10.0 Å². The minimum absolute atomic E-state index is 0.518. The van der Waals surface area contributed by atoms with E-state index in [-0.39, 0.29) is 0 Å². The molecule has 1 rings (SSSR count). The van der Waals surface area contributed by atoms with Gasteiger partial charge in [-0.15, -0.1) is 0 Å². The van der Waals surface area contributed by atoms with Crippen LogP contribution in [0.15, 0.2) is 0 Å². The predicted molar refractivity (Wildman–Crippen MR) is 61.4 cm³/mol. The van der Waals surface area contributed by atoms with Crippen molar-refractivity contribution in [1.29, 1.82) is 0 Å². The Morgan fingerprint density at radius 3 is 2.80 bits per heavy atom. The molecule has 0 saturated carbocycles. The molecule has 6 heteroatoms. The lowest BCUT2D eigenvalue weighted by Crippen LogP contribution is -2.35. The van der Waals surface area contributed by atoms with E-state index in [1.54, 1.807) is 0 Å². The first-order chi connectivity index (χ1) is 7.08. The molecule has 0 amide bonds. The Morgan fingerprint density at radius 1 is 1.40 bits per heavy atom. The molecule has 15 heavy (non-hydrogen) atoms. The fraction of sp³-hybridized carbons (Fsp3) is 1.00. The fourth-order valence-electron chi connectivity index (χ4n) is 1.68. The van der Waals surface area contributed by atoms with Gasteiger partial charge in [-0.05, 0) is 32.4 Å². The molecular formula is C9H21N3O2S. The molecule has 0 spiro atoms. The Labute approximate surface area is 92.1 Å². The molecule has 1 atom stereocenters. The molecule has 1 unspecified atom stereocenters. The second kappa shape index (κ2) is 6.42. The Kier molecular flexibility index (Phi) is 5.52. The van der Waals surface area contributed by atoms with Gasteiger partial charge in [-0.3, -0.25) is 0 Å². The van der Waals surface area contributed by atoms with Gasteiger partial charge in [-0.2, -0.15) is 0 Å². The first kappa shape index (κ1) is 12.9. The zero-order valence-corrected chi connectivity index (χ0v) is 10.1. The van der Waals surface area contributed by atoms with Crippen molar-refractivity contribution in [3.05, 3.63) is 0 Å². The lowest BCUT2D eigenvalue weighted by atomic mass is 10.2. The van der Waals surface area contributed by atoms with Crippen LogP contribution in [0, 0.1) is 0 Å². The summed E-state index contributed by atoms with van der Waals surface area (Å²) in [6.45, 7) is 3.49. The van der Waals surface area contributed by atoms with Crippen molar-refractivity contribution >= 4 is 10.0 Å². The molecule has 0 aromatic carbocycles. The van der Waals surface area contributed by atoms with Crippen LogP contribution in [-0.4, -0.2) is 46.9 Å². The lowest BCUT2D eigenvalue weighted by Gasteiger charge is -2.11. The summed E-state index contributed by atoms with van der Waals surface area (Å²) in [5, 5.41) is 6.71. The van der Waals surface area contributed by atoms with Crippen LogP contribution < -0.4 is 15.4 Å². The van der Waals surface area contributed by atoms with Crippen LogP contribution in [0.25, 0.3) is 0 Å². The first-order valence-corrected chi connectivity index (χ1v) is 7.36. The summed E-state index contributed by atoms with van der Waals surface area (Å²) in [6.07, 6.45) is 4.53. The van der Waals surface area contributed by atoms with Crippen molar-refractivity contribution in [2.45, 2.75) is 25.3 Å². The van der Waals surface area contributed by atoms with Gasteiger partial charge >= 0.3 is 0 Å². The topological polar surface area (TPSA) is 70.2 Å². The zero-order valence-electron chi connectivity index (χ0n) is 9.25. The minimum Gasteiger partial charge on any atom is -0.315 e. The van der Waals surface area contributed by atoms with E-state index < -0.39 is 10.0 Å². The largest absolute Gasteiger partial charge is 0.315 e. The van der Waals surface area contributed by atoms with Crippen LogP contribution in [0.1, 0.15) is 19.3 Å². The van der Waals surface area contributed by atoms with Gasteiger partial charge in [0, 0.05) is 19.1 Å². The van der Waals surface area contributed by atoms with Gasteiger partial charge in [0.1, 0.15) is 0 Å². The average molecular weight is 235 g/mol. The average Bonchev–Trinajstić information content (AvgIpc) is 2.61. The lowest BCUT2D eigenvalue weighted by molar-refractivity contribution is 0.526. The molecule has 0 bridgehead atoms. The normalized spacial score (nSPS) is 22.1.